The number of hydrogen-bond acceptors (Lipinski definition) is 4. The number of nitrogens with one attached hydrogen (secondary N) is 2. The predicted octanol–water partition coefficient (Wildman–Crippen LogP) is 4.74. The lowest BCUT2D eigenvalue weighted by Gasteiger charge is -2.18. The first-order valence-electron chi connectivity index (χ1n) is 9.73. The minimum Gasteiger partial charge on any atom is -0.352 e. The monoisotopic (exact) mass is 420 g/mol. The maximum atomic E-state index is 13.0. The van der Waals surface area contributed by atoms with Crippen LogP contribution in [0.2, 0.25) is 0 Å². The Morgan fingerprint density at radius 1 is 0.966 bits per heavy atom. The van der Waals surface area contributed by atoms with E-state index in [9.17, 15) is 9.59 Å². The molecule has 0 aliphatic heterocycles. The highest BCUT2D eigenvalue weighted by atomic mass is 32.1. The molecule has 4 nitrogen and oxygen atoms in total. The Morgan fingerprint density at radius 2 is 1.72 bits per heavy atom. The van der Waals surface area contributed by atoms with E-state index in [4.69, 9.17) is 0 Å². The van der Waals surface area contributed by atoms with Crippen LogP contribution in [-0.4, -0.2) is 23.9 Å². The maximum absolute atomic E-state index is 13.0. The van der Waals surface area contributed by atoms with Gasteiger partial charge in [0.15, 0.2) is 0 Å². The largest absolute Gasteiger partial charge is 0.352 e. The van der Waals surface area contributed by atoms with Crippen molar-refractivity contribution in [3.63, 3.8) is 0 Å². The third kappa shape index (κ3) is 3.91. The van der Waals surface area contributed by atoms with E-state index in [1.54, 1.807) is 11.3 Å². The van der Waals surface area contributed by atoms with Crippen LogP contribution in [0.25, 0.3) is 19.5 Å². The van der Waals surface area contributed by atoms with Gasteiger partial charge in [0.2, 0.25) is 5.91 Å². The molecule has 1 atom stereocenters. The fourth-order valence-electron chi connectivity index (χ4n) is 3.43. The zero-order chi connectivity index (χ0) is 19.8. The van der Waals surface area contributed by atoms with E-state index in [1.165, 1.54) is 21.4 Å². The Balaban J connectivity index is 1.38. The van der Waals surface area contributed by atoms with Crippen molar-refractivity contribution in [2.45, 2.75) is 31.3 Å². The van der Waals surface area contributed by atoms with Gasteiger partial charge in [0.1, 0.15) is 6.04 Å². The van der Waals surface area contributed by atoms with Crippen molar-refractivity contribution in [2.24, 2.45) is 0 Å². The molecule has 2 aromatic heterocycles. The lowest BCUT2D eigenvalue weighted by molar-refractivity contribution is -0.123. The molecule has 1 aliphatic rings. The van der Waals surface area contributed by atoms with Gasteiger partial charge < -0.3 is 10.6 Å². The van der Waals surface area contributed by atoms with Gasteiger partial charge in [0.25, 0.3) is 5.91 Å². The minimum absolute atomic E-state index is 0.103. The van der Waals surface area contributed by atoms with Crippen molar-refractivity contribution in [1.29, 1.82) is 0 Å². The molecule has 0 saturated heterocycles. The highest BCUT2D eigenvalue weighted by Crippen LogP contribution is 2.39. The van der Waals surface area contributed by atoms with Crippen molar-refractivity contribution in [3.05, 3.63) is 71.1 Å². The summed E-state index contributed by atoms with van der Waals surface area (Å²) in [7, 11) is 0. The van der Waals surface area contributed by atoms with Crippen molar-refractivity contribution in [2.75, 3.05) is 0 Å². The molecule has 4 aromatic rings. The van der Waals surface area contributed by atoms with Gasteiger partial charge in [-0.2, -0.15) is 0 Å². The molecule has 1 saturated carbocycles. The summed E-state index contributed by atoms with van der Waals surface area (Å²) >= 11 is 3.19. The maximum Gasteiger partial charge on any atom is 0.262 e. The van der Waals surface area contributed by atoms with Gasteiger partial charge in [-0.1, -0.05) is 48.5 Å². The Morgan fingerprint density at radius 3 is 2.52 bits per heavy atom. The second-order valence-electron chi connectivity index (χ2n) is 7.40. The summed E-state index contributed by atoms with van der Waals surface area (Å²) in [6.07, 6.45) is 2.52. The van der Waals surface area contributed by atoms with Crippen molar-refractivity contribution >= 4 is 54.0 Å². The molecule has 6 heteroatoms. The second-order valence-corrected chi connectivity index (χ2v) is 9.54. The van der Waals surface area contributed by atoms with E-state index in [0.29, 0.717) is 11.3 Å². The molecule has 2 amide bonds. The summed E-state index contributed by atoms with van der Waals surface area (Å²) in [5, 5.41) is 7.19. The molecule has 1 fully saturated rings. The van der Waals surface area contributed by atoms with Crippen LogP contribution >= 0.6 is 22.7 Å². The summed E-state index contributed by atoms with van der Waals surface area (Å²) < 4.78 is 3.48. The molecule has 1 unspecified atom stereocenters. The highest BCUT2D eigenvalue weighted by Gasteiger charge is 2.29. The zero-order valence-corrected chi connectivity index (χ0v) is 17.3. The number of carbonyl (C=O) groups is 2. The summed E-state index contributed by atoms with van der Waals surface area (Å²) in [5.41, 5.74) is 1.03. The van der Waals surface area contributed by atoms with Crippen LogP contribution in [0, 0.1) is 0 Å². The van der Waals surface area contributed by atoms with Crippen LogP contribution in [0.5, 0.6) is 0 Å². The Kier molecular flexibility index (Phi) is 4.81. The zero-order valence-electron chi connectivity index (χ0n) is 15.7. The highest BCUT2D eigenvalue weighted by molar-refractivity contribution is 7.33. The van der Waals surface area contributed by atoms with Crippen molar-refractivity contribution < 1.29 is 9.59 Å². The van der Waals surface area contributed by atoms with Crippen LogP contribution in [0.4, 0.5) is 0 Å². The van der Waals surface area contributed by atoms with Crippen LogP contribution in [0.3, 0.4) is 0 Å². The van der Waals surface area contributed by atoms with E-state index in [2.05, 4.69) is 22.8 Å². The van der Waals surface area contributed by atoms with E-state index in [-0.39, 0.29) is 17.9 Å². The summed E-state index contributed by atoms with van der Waals surface area (Å²) in [4.78, 5) is 26.4. The first-order chi connectivity index (χ1) is 14.2. The van der Waals surface area contributed by atoms with Gasteiger partial charge in [-0.3, -0.25) is 9.59 Å². The van der Waals surface area contributed by atoms with E-state index in [0.717, 1.165) is 27.8 Å². The fraction of sp³-hybridized carbons (Fsp3) is 0.217. The van der Waals surface area contributed by atoms with E-state index in [1.807, 2.05) is 48.5 Å². The molecule has 29 heavy (non-hydrogen) atoms. The lowest BCUT2D eigenvalue weighted by atomic mass is 10.1. The van der Waals surface area contributed by atoms with Crippen molar-refractivity contribution in [1.82, 2.24) is 10.6 Å². The summed E-state index contributed by atoms with van der Waals surface area (Å²) in [5.74, 6) is -0.289. The lowest BCUT2D eigenvalue weighted by Crippen LogP contribution is -2.48. The van der Waals surface area contributed by atoms with Gasteiger partial charge in [-0.05, 0) is 30.5 Å². The van der Waals surface area contributed by atoms with Crippen LogP contribution in [0.15, 0.2) is 60.7 Å². The molecule has 5 rings (SSSR count). The van der Waals surface area contributed by atoms with Gasteiger partial charge >= 0.3 is 0 Å². The standard InChI is InChI=1S/C23H20N2O2S2/c26-22(24-15-10-11-15)17(12-14-6-2-1-3-7-14)25-23(27)20-13-19-21(29-20)16-8-4-5-9-18(16)28-19/h1-9,13,15,17H,10-12H2,(H,24,26)(H,25,27). The molecule has 2 N–H and O–H groups in total. The molecular weight excluding hydrogens is 400 g/mol. The number of rotatable bonds is 6. The second kappa shape index (κ2) is 7.61. The molecule has 0 spiro atoms. The van der Waals surface area contributed by atoms with E-state index < -0.39 is 6.04 Å². The Hall–Kier alpha value is -2.70. The van der Waals surface area contributed by atoms with Gasteiger partial charge in [-0.25, -0.2) is 0 Å². The molecule has 0 radical (unpaired) electrons. The third-order valence-electron chi connectivity index (χ3n) is 5.10. The number of carbonyl (C=O) groups excluding carboxylic acids is 2. The molecule has 146 valence electrons. The van der Waals surface area contributed by atoms with E-state index >= 15 is 0 Å². The van der Waals surface area contributed by atoms with Gasteiger partial charge in [0, 0.05) is 27.2 Å². The van der Waals surface area contributed by atoms with Crippen LogP contribution in [-0.2, 0) is 11.2 Å². The Bertz CT molecular complexity index is 1190. The third-order valence-corrected chi connectivity index (χ3v) is 7.52. The fourth-order valence-corrected chi connectivity index (χ4v) is 5.86. The normalized spacial score (nSPS) is 14.8. The number of hydrogen-bond donors (Lipinski definition) is 2. The average molecular weight is 421 g/mol. The topological polar surface area (TPSA) is 58.2 Å². The number of thiophene rings is 2. The molecular formula is C23H20N2O2S2. The molecule has 1 aliphatic carbocycles. The summed E-state index contributed by atoms with van der Waals surface area (Å²) in [6.45, 7) is 0. The minimum atomic E-state index is -0.581. The van der Waals surface area contributed by atoms with Crippen LogP contribution in [0.1, 0.15) is 28.1 Å². The molecule has 2 aromatic carbocycles. The molecule has 2 heterocycles. The van der Waals surface area contributed by atoms with Gasteiger partial charge in [0.05, 0.1) is 9.58 Å². The predicted molar refractivity (Wildman–Crippen MR) is 120 cm³/mol. The number of benzene rings is 2. The smallest absolute Gasteiger partial charge is 0.262 e. The van der Waals surface area contributed by atoms with Crippen LogP contribution < -0.4 is 10.6 Å². The number of amides is 2. The SMILES string of the molecule is O=C(NC(Cc1ccccc1)C(=O)NC1CC1)c1cc2sc3ccccc3c2s1. The number of fused-ring (bicyclic) bond motifs is 3. The van der Waals surface area contributed by atoms with Gasteiger partial charge in [-0.15, -0.1) is 22.7 Å². The first kappa shape index (κ1) is 18.3. The first-order valence-corrected chi connectivity index (χ1v) is 11.4. The quantitative estimate of drug-likeness (QED) is 0.474. The molecule has 0 bridgehead atoms. The average Bonchev–Trinajstić information content (AvgIpc) is 3.33. The summed E-state index contributed by atoms with van der Waals surface area (Å²) in [6, 6.07) is 19.7. The Labute approximate surface area is 176 Å². The van der Waals surface area contributed by atoms with Crippen molar-refractivity contribution in [3.8, 4) is 0 Å².